The van der Waals surface area contributed by atoms with Crippen molar-refractivity contribution in [3.63, 3.8) is 0 Å². The van der Waals surface area contributed by atoms with Gasteiger partial charge in [0.05, 0.1) is 71.1 Å². The monoisotopic (exact) mass is 907 g/mol. The molecule has 0 radical (unpaired) electrons. The van der Waals surface area contributed by atoms with Crippen LogP contribution in [0.3, 0.4) is 0 Å². The van der Waals surface area contributed by atoms with Gasteiger partial charge in [0.25, 0.3) is 0 Å². The lowest BCUT2D eigenvalue weighted by atomic mass is 9.56. The van der Waals surface area contributed by atoms with Gasteiger partial charge in [-0.3, -0.25) is 38.4 Å². The molecule has 0 aromatic rings. The molecule has 1 aliphatic heterocycles. The summed E-state index contributed by atoms with van der Waals surface area (Å²) < 4.78 is 15.8. The highest BCUT2D eigenvalue weighted by molar-refractivity contribution is 5.92. The van der Waals surface area contributed by atoms with Gasteiger partial charge in [-0.15, -0.1) is 0 Å². The Kier molecular flexibility index (Phi) is 20.6. The maximum atomic E-state index is 14.3. The Balaban J connectivity index is 4.55. The lowest BCUT2D eigenvalue weighted by Crippen LogP contribution is -2.55. The maximum Gasteiger partial charge on any atom is 0.312 e. The van der Waals surface area contributed by atoms with Gasteiger partial charge in [-0.25, -0.2) is 0 Å². The van der Waals surface area contributed by atoms with E-state index in [-0.39, 0.29) is 6.42 Å². The number of nitrogens with one attached hydrogen (secondary N) is 3. The van der Waals surface area contributed by atoms with Crippen molar-refractivity contribution in [2.75, 3.05) is 46.2 Å². The van der Waals surface area contributed by atoms with Crippen LogP contribution >= 0.6 is 0 Å². The van der Waals surface area contributed by atoms with Crippen LogP contribution < -0.4 is 16.0 Å². The van der Waals surface area contributed by atoms with Crippen molar-refractivity contribution >= 4 is 47.6 Å². The number of carbonyl (C=O) groups is 8. The first-order valence-corrected chi connectivity index (χ1v) is 20.6. The molecule has 22 nitrogen and oxygen atoms in total. The number of carbonyl (C=O) groups excluding carboxylic acids is 6. The van der Waals surface area contributed by atoms with E-state index < -0.39 is 196 Å². The summed E-state index contributed by atoms with van der Waals surface area (Å²) in [5, 5.41) is 89.9. The fourth-order valence-corrected chi connectivity index (χ4v) is 7.55. The summed E-state index contributed by atoms with van der Waals surface area (Å²) in [6, 6.07) is 0. The van der Waals surface area contributed by atoms with E-state index in [0.29, 0.717) is 0 Å². The number of aliphatic hydroxyl groups excluding tert-OH is 6. The van der Waals surface area contributed by atoms with E-state index in [9.17, 15) is 79.2 Å². The molecule has 1 aliphatic rings. The molecule has 1 saturated heterocycles. The van der Waals surface area contributed by atoms with Crippen LogP contribution in [0.1, 0.15) is 113 Å². The molecule has 6 atom stereocenters. The third kappa shape index (κ3) is 16.2. The Bertz CT molecular complexity index is 1650. The van der Waals surface area contributed by atoms with Crippen LogP contribution in [-0.4, -0.2) is 163 Å². The first-order chi connectivity index (χ1) is 28.9. The Morgan fingerprint density at radius 2 is 1.13 bits per heavy atom. The topological polar surface area (TPSA) is 362 Å². The number of hydrogen-bond acceptors (Lipinski definition) is 17. The molecule has 3 amide bonds. The number of hydrogen-bond donors (Lipinski definition) is 11. The number of amides is 3. The molecule has 63 heavy (non-hydrogen) atoms. The van der Waals surface area contributed by atoms with Crippen LogP contribution in [0.4, 0.5) is 0 Å². The molecule has 1 rings (SSSR count). The fourth-order valence-electron chi connectivity index (χ4n) is 7.55. The highest BCUT2D eigenvalue weighted by Crippen LogP contribution is 2.54. The quantitative estimate of drug-likeness (QED) is 0.0354. The van der Waals surface area contributed by atoms with E-state index in [2.05, 4.69) is 16.0 Å². The van der Waals surface area contributed by atoms with Crippen LogP contribution in [-0.2, 0) is 52.6 Å². The largest absolute Gasteiger partial charge is 0.481 e. The van der Waals surface area contributed by atoms with Crippen LogP contribution in [0, 0.1) is 21.7 Å². The summed E-state index contributed by atoms with van der Waals surface area (Å²) >= 11 is 0. The van der Waals surface area contributed by atoms with Crippen molar-refractivity contribution in [3.8, 4) is 0 Å². The van der Waals surface area contributed by atoms with Crippen molar-refractivity contribution in [2.45, 2.75) is 142 Å². The van der Waals surface area contributed by atoms with Gasteiger partial charge < -0.3 is 71.0 Å². The molecule has 0 aliphatic carbocycles. The van der Waals surface area contributed by atoms with E-state index in [4.69, 9.17) is 14.2 Å². The first-order valence-electron chi connectivity index (χ1n) is 20.6. The third-order valence-electron chi connectivity index (χ3n) is 11.2. The Hall–Kier alpha value is -4.48. The van der Waals surface area contributed by atoms with Crippen molar-refractivity contribution in [1.29, 1.82) is 0 Å². The standard InChI is InChI=1S/C41H69N3O19/c1-9-38(33(59)62-16-25(49)15-45,11-27(51)42-35(3,4)22-46)19-40(31(55)56,12-28(52)43-36(5,6)23-47)21-41(32(57)58,13-29(53)44-37(7,8)24-48)20-39(10-2)14-30(54)61-17-26(50)18-63-34(39)60/h25-26,45-50H,9-24H2,1-8H3,(H,42,51)(H,43,52)(H,44,53)(H,55,56)(H,57,58). The summed E-state index contributed by atoms with van der Waals surface area (Å²) in [6.07, 6.45) is -11.7. The van der Waals surface area contributed by atoms with E-state index in [1.165, 1.54) is 55.4 Å². The zero-order chi connectivity index (χ0) is 48.8. The molecule has 0 aromatic heterocycles. The van der Waals surface area contributed by atoms with Gasteiger partial charge in [-0.1, -0.05) is 13.8 Å². The summed E-state index contributed by atoms with van der Waals surface area (Å²) in [7, 11) is 0. The number of esters is 3. The van der Waals surface area contributed by atoms with E-state index in [1.807, 2.05) is 0 Å². The number of rotatable bonds is 26. The first kappa shape index (κ1) is 56.5. The summed E-state index contributed by atoms with van der Waals surface area (Å²) in [5.41, 5.74) is -14.4. The van der Waals surface area contributed by atoms with Crippen molar-refractivity contribution < 1.29 is 93.4 Å². The number of carboxylic acids is 2. The molecular weight excluding hydrogens is 838 g/mol. The van der Waals surface area contributed by atoms with Gasteiger partial charge in [-0.05, 0) is 73.6 Å². The summed E-state index contributed by atoms with van der Waals surface area (Å²) in [6.45, 7) is 6.08. The van der Waals surface area contributed by atoms with Gasteiger partial charge in [0.1, 0.15) is 32.0 Å². The smallest absolute Gasteiger partial charge is 0.312 e. The van der Waals surface area contributed by atoms with Crippen LogP contribution in [0.15, 0.2) is 0 Å². The lowest BCUT2D eigenvalue weighted by molar-refractivity contribution is -0.177. The normalized spacial score (nSPS) is 21.0. The second-order valence-electron chi connectivity index (χ2n) is 18.8. The zero-order valence-electron chi connectivity index (χ0n) is 37.5. The minimum absolute atomic E-state index is 0.389. The predicted molar refractivity (Wildman–Crippen MR) is 218 cm³/mol. The second kappa shape index (κ2) is 22.9. The molecular formula is C41H69N3O19. The van der Waals surface area contributed by atoms with Gasteiger partial charge in [0, 0.05) is 19.3 Å². The lowest BCUT2D eigenvalue weighted by Gasteiger charge is -2.46. The molecule has 22 heteroatoms. The van der Waals surface area contributed by atoms with Crippen LogP contribution in [0.5, 0.6) is 0 Å². The van der Waals surface area contributed by atoms with Gasteiger partial charge in [0.15, 0.2) is 0 Å². The summed E-state index contributed by atoms with van der Waals surface area (Å²) in [5.74, 6) is -10.7. The zero-order valence-corrected chi connectivity index (χ0v) is 37.5. The van der Waals surface area contributed by atoms with Crippen LogP contribution in [0.25, 0.3) is 0 Å². The second-order valence-corrected chi connectivity index (χ2v) is 18.8. The summed E-state index contributed by atoms with van der Waals surface area (Å²) in [4.78, 5) is 112. The number of carboxylic acid groups (broad SMARTS) is 2. The number of cyclic esters (lactones) is 2. The molecule has 0 spiro atoms. The van der Waals surface area contributed by atoms with Crippen molar-refractivity contribution in [1.82, 2.24) is 16.0 Å². The predicted octanol–water partition coefficient (Wildman–Crippen LogP) is -1.33. The number of aliphatic hydroxyl groups is 6. The minimum atomic E-state index is -2.85. The molecule has 0 aromatic carbocycles. The van der Waals surface area contributed by atoms with Gasteiger partial charge in [-0.2, -0.15) is 0 Å². The van der Waals surface area contributed by atoms with E-state index in [1.54, 1.807) is 0 Å². The maximum absolute atomic E-state index is 14.3. The average Bonchev–Trinajstić information content (AvgIpc) is 3.23. The van der Waals surface area contributed by atoms with Crippen LogP contribution in [0.2, 0.25) is 0 Å². The third-order valence-corrected chi connectivity index (χ3v) is 11.2. The van der Waals surface area contributed by atoms with E-state index in [0.717, 1.165) is 0 Å². The molecule has 0 bridgehead atoms. The Morgan fingerprint density at radius 3 is 1.52 bits per heavy atom. The Morgan fingerprint density at radius 1 is 0.714 bits per heavy atom. The van der Waals surface area contributed by atoms with E-state index >= 15 is 0 Å². The number of aliphatic carboxylic acids is 2. The average molecular weight is 908 g/mol. The Labute approximate surface area is 366 Å². The van der Waals surface area contributed by atoms with Gasteiger partial charge >= 0.3 is 29.8 Å². The molecule has 1 heterocycles. The highest BCUT2D eigenvalue weighted by atomic mass is 16.6. The van der Waals surface area contributed by atoms with Gasteiger partial charge in [0.2, 0.25) is 17.7 Å². The fraction of sp³-hybridized carbons (Fsp3) is 0.805. The molecule has 11 N–H and O–H groups in total. The number of ether oxygens (including phenoxy) is 3. The molecule has 0 saturated carbocycles. The molecule has 362 valence electrons. The highest BCUT2D eigenvalue weighted by Gasteiger charge is 2.60. The SMILES string of the molecule is CCC(CC(=O)NC(C)(C)CO)(CC(CC(=O)NC(C)(C)CO)(CC(CC(=O)NC(C)(C)CO)(CC1(CC)CC(=O)OCC(O)COC1=O)C(=O)O)C(=O)O)C(=O)OCC(O)CO. The van der Waals surface area contributed by atoms with Crippen molar-refractivity contribution in [2.24, 2.45) is 21.7 Å². The van der Waals surface area contributed by atoms with Crippen molar-refractivity contribution in [3.05, 3.63) is 0 Å². The molecule has 6 unspecified atom stereocenters. The minimum Gasteiger partial charge on any atom is -0.481 e. The molecule has 1 fully saturated rings.